The molecular weight excluding hydrogens is 867 g/mol. The van der Waals surface area contributed by atoms with Gasteiger partial charge in [-0.2, -0.15) is 0 Å². The van der Waals surface area contributed by atoms with E-state index in [2.05, 4.69) is 43.5 Å². The van der Waals surface area contributed by atoms with Crippen LogP contribution in [0.2, 0.25) is 0 Å². The Balaban J connectivity index is 1.37. The zero-order chi connectivity index (χ0) is 49.9. The number of ether oxygens (including phenoxy) is 3. The summed E-state index contributed by atoms with van der Waals surface area (Å²) in [6.45, 7) is 7.79. The fourth-order valence-electron chi connectivity index (χ4n) is 10.4. The molecule has 1 saturated heterocycles. The van der Waals surface area contributed by atoms with Crippen molar-refractivity contribution in [3.63, 3.8) is 0 Å². The Morgan fingerprint density at radius 2 is 1.07 bits per heavy atom. The molecule has 1 amide bonds. The Kier molecular flexibility index (Phi) is 34.8. The Labute approximate surface area is 422 Å². The summed E-state index contributed by atoms with van der Waals surface area (Å²) in [5.41, 5.74) is 1.01. The van der Waals surface area contributed by atoms with E-state index in [4.69, 9.17) is 14.2 Å². The number of allylic oxidation sites excluding steroid dienone is 5. The smallest absolute Gasteiger partial charge is 0.249 e. The summed E-state index contributed by atoms with van der Waals surface area (Å²) in [6.07, 6.45) is 42.4. The van der Waals surface area contributed by atoms with Crippen molar-refractivity contribution in [1.29, 1.82) is 0 Å². The lowest BCUT2D eigenvalue weighted by molar-refractivity contribution is -0.310. The van der Waals surface area contributed by atoms with Crippen LogP contribution in [0, 0.1) is 23.7 Å². The van der Waals surface area contributed by atoms with E-state index in [0.29, 0.717) is 19.3 Å². The molecule has 3 rings (SSSR count). The maximum Gasteiger partial charge on any atom is 0.249 e. The standard InChI is InChI=1S/C59H107NO9/c1-5-7-9-11-13-16-22-28-34-47-42-49(47)36-30-24-18-15-19-26-32-38-52(62)51(45-68-59-57(67-41-40-46(3)4)56(65)55(64)54(44-61)69-59)60-58(66)53(63)39-33-27-21-20-25-31-37-50-43-48(50)35-29-23-17-14-12-10-8-6-2/h15,19,21,27,40,47-57,59,61-65H,5-14,16-18,20,22-26,28-39,41-45H2,1-4H3,(H,60,66)/b19-15-,27-21-/t47-,48-,49+,50+,51-,52+,53+,54-,55+,56-,57-,59+/m0/s1. The highest BCUT2D eigenvalue weighted by atomic mass is 16.7. The maximum atomic E-state index is 13.4. The van der Waals surface area contributed by atoms with Crippen LogP contribution in [0.25, 0.3) is 0 Å². The van der Waals surface area contributed by atoms with Gasteiger partial charge < -0.3 is 45.1 Å². The zero-order valence-corrected chi connectivity index (χ0v) is 44.6. The minimum atomic E-state index is -1.40. The Bertz CT molecular complexity index is 1350. The predicted molar refractivity (Wildman–Crippen MR) is 283 cm³/mol. The van der Waals surface area contributed by atoms with Crippen LogP contribution in [0.1, 0.15) is 240 Å². The van der Waals surface area contributed by atoms with Gasteiger partial charge in [0.05, 0.1) is 32.0 Å². The molecule has 10 heteroatoms. The molecule has 402 valence electrons. The molecule has 0 aromatic carbocycles. The number of carbonyl (C=O) groups is 1. The first-order chi connectivity index (χ1) is 33.6. The lowest BCUT2D eigenvalue weighted by atomic mass is 9.99. The number of rotatable bonds is 45. The van der Waals surface area contributed by atoms with Gasteiger partial charge in [0.2, 0.25) is 5.91 Å². The monoisotopic (exact) mass is 974 g/mol. The van der Waals surface area contributed by atoms with Crippen molar-refractivity contribution in [1.82, 2.24) is 5.32 Å². The minimum Gasteiger partial charge on any atom is -0.394 e. The molecule has 3 aliphatic rings. The summed E-state index contributed by atoms with van der Waals surface area (Å²) >= 11 is 0. The van der Waals surface area contributed by atoms with Crippen molar-refractivity contribution in [2.24, 2.45) is 23.7 Å². The van der Waals surface area contributed by atoms with Crippen LogP contribution in [0.5, 0.6) is 0 Å². The van der Waals surface area contributed by atoms with Gasteiger partial charge in [0.15, 0.2) is 6.29 Å². The molecule has 12 atom stereocenters. The normalized spacial score (nSPS) is 25.8. The molecule has 0 aromatic heterocycles. The van der Waals surface area contributed by atoms with Gasteiger partial charge in [0, 0.05) is 0 Å². The third-order valence-corrected chi connectivity index (χ3v) is 15.3. The molecule has 1 aliphatic heterocycles. The van der Waals surface area contributed by atoms with Gasteiger partial charge in [-0.15, -0.1) is 0 Å². The summed E-state index contributed by atoms with van der Waals surface area (Å²) in [5, 5.41) is 56.6. The topological polar surface area (TPSA) is 158 Å². The largest absolute Gasteiger partial charge is 0.394 e. The average Bonchev–Trinajstić information content (AvgIpc) is 4.28. The highest BCUT2D eigenvalue weighted by Crippen LogP contribution is 2.46. The number of nitrogens with one attached hydrogen (secondary N) is 1. The van der Waals surface area contributed by atoms with Gasteiger partial charge in [-0.1, -0.05) is 191 Å². The number of amides is 1. The second-order valence-corrected chi connectivity index (χ2v) is 21.9. The number of hydrogen-bond acceptors (Lipinski definition) is 9. The number of carbonyl (C=O) groups excluding carboxylic acids is 1. The first-order valence-corrected chi connectivity index (χ1v) is 29.0. The summed E-state index contributed by atoms with van der Waals surface area (Å²) in [5.74, 6) is 3.24. The molecule has 0 spiro atoms. The van der Waals surface area contributed by atoms with E-state index in [1.165, 1.54) is 161 Å². The quantitative estimate of drug-likeness (QED) is 0.0258. The molecule has 2 saturated carbocycles. The summed E-state index contributed by atoms with van der Waals surface area (Å²) in [4.78, 5) is 13.4. The second kappa shape index (κ2) is 38.9. The van der Waals surface area contributed by atoms with Crippen molar-refractivity contribution in [3.05, 3.63) is 36.0 Å². The molecular formula is C59H107NO9. The van der Waals surface area contributed by atoms with E-state index in [9.17, 15) is 30.3 Å². The van der Waals surface area contributed by atoms with Crippen LogP contribution in [-0.4, -0.2) is 100 Å². The van der Waals surface area contributed by atoms with Crippen molar-refractivity contribution in [2.45, 2.75) is 289 Å². The van der Waals surface area contributed by atoms with Crippen molar-refractivity contribution < 1.29 is 44.5 Å². The molecule has 3 fully saturated rings. The van der Waals surface area contributed by atoms with Crippen LogP contribution < -0.4 is 5.32 Å². The van der Waals surface area contributed by atoms with E-state index in [1.807, 2.05) is 19.9 Å². The SMILES string of the molecule is CCCCCCCCCC[C@H]1C[C@H]1CCCC/C=C\CCC[C@@H](O)[C@H](CO[C@@H]1O[C@@H](CO)[C@@H](O)[C@H](O)[C@@H]1OCC=C(C)C)NC(=O)[C@H](O)CC/C=C\CCCC[C@@H]1C[C@@H]1CCCCCCCCCC. The van der Waals surface area contributed by atoms with E-state index >= 15 is 0 Å². The lowest BCUT2D eigenvalue weighted by Crippen LogP contribution is -2.61. The van der Waals surface area contributed by atoms with E-state index in [1.54, 1.807) is 0 Å². The summed E-state index contributed by atoms with van der Waals surface area (Å²) in [7, 11) is 0. The molecule has 2 aliphatic carbocycles. The summed E-state index contributed by atoms with van der Waals surface area (Å²) < 4.78 is 17.8. The first-order valence-electron chi connectivity index (χ1n) is 29.0. The zero-order valence-electron chi connectivity index (χ0n) is 44.6. The van der Waals surface area contributed by atoms with Gasteiger partial charge in [0.1, 0.15) is 30.5 Å². The van der Waals surface area contributed by atoms with Crippen molar-refractivity contribution in [2.75, 3.05) is 19.8 Å². The van der Waals surface area contributed by atoms with Crippen molar-refractivity contribution >= 4 is 5.91 Å². The Hall–Kier alpha value is -1.63. The highest BCUT2D eigenvalue weighted by Gasteiger charge is 2.46. The molecule has 0 radical (unpaired) electrons. The molecule has 0 bridgehead atoms. The van der Waals surface area contributed by atoms with Crippen LogP contribution >= 0.6 is 0 Å². The van der Waals surface area contributed by atoms with Crippen molar-refractivity contribution in [3.8, 4) is 0 Å². The number of hydrogen-bond donors (Lipinski definition) is 6. The first kappa shape index (κ1) is 61.7. The maximum absolute atomic E-state index is 13.4. The predicted octanol–water partition coefficient (Wildman–Crippen LogP) is 12.5. The van der Waals surface area contributed by atoms with Gasteiger partial charge in [-0.05, 0) is 108 Å². The second-order valence-electron chi connectivity index (χ2n) is 21.9. The molecule has 0 aromatic rings. The third kappa shape index (κ3) is 28.4. The van der Waals surface area contributed by atoms with Gasteiger partial charge in [0.25, 0.3) is 0 Å². The van der Waals surface area contributed by atoms with Crippen LogP contribution in [0.15, 0.2) is 36.0 Å². The molecule has 0 unspecified atom stereocenters. The van der Waals surface area contributed by atoms with Gasteiger partial charge >= 0.3 is 0 Å². The average molecular weight is 975 g/mol. The third-order valence-electron chi connectivity index (χ3n) is 15.3. The van der Waals surface area contributed by atoms with Gasteiger partial charge in [-0.25, -0.2) is 0 Å². The molecule has 6 N–H and O–H groups in total. The lowest BCUT2D eigenvalue weighted by Gasteiger charge is -2.42. The van der Waals surface area contributed by atoms with E-state index < -0.39 is 61.5 Å². The van der Waals surface area contributed by atoms with Gasteiger partial charge in [-0.3, -0.25) is 4.79 Å². The van der Waals surface area contributed by atoms with Crippen LogP contribution in [0.3, 0.4) is 0 Å². The molecule has 69 heavy (non-hydrogen) atoms. The molecule has 10 nitrogen and oxygen atoms in total. The van der Waals surface area contributed by atoms with E-state index in [-0.39, 0.29) is 19.6 Å². The summed E-state index contributed by atoms with van der Waals surface area (Å²) in [6, 6.07) is -0.890. The molecule has 1 heterocycles. The number of aliphatic hydroxyl groups is 5. The number of unbranched alkanes of at least 4 members (excludes halogenated alkanes) is 19. The minimum absolute atomic E-state index is 0.140. The van der Waals surface area contributed by atoms with Crippen LogP contribution in [0.4, 0.5) is 0 Å². The highest BCUT2D eigenvalue weighted by molar-refractivity contribution is 5.80. The van der Waals surface area contributed by atoms with Crippen LogP contribution in [-0.2, 0) is 19.0 Å². The van der Waals surface area contributed by atoms with E-state index in [0.717, 1.165) is 54.9 Å². The number of aliphatic hydroxyl groups excluding tert-OH is 5. The Morgan fingerprint density at radius 3 is 1.57 bits per heavy atom. The Morgan fingerprint density at radius 1 is 0.609 bits per heavy atom. The fourth-order valence-corrected chi connectivity index (χ4v) is 10.4. The fraction of sp³-hybridized carbons (Fsp3) is 0.881.